The van der Waals surface area contributed by atoms with Crippen molar-refractivity contribution in [2.45, 2.75) is 52.1 Å². The van der Waals surface area contributed by atoms with Gasteiger partial charge in [-0.15, -0.1) is 0 Å². The fourth-order valence-electron chi connectivity index (χ4n) is 3.12. The maximum Gasteiger partial charge on any atom is 0.0832 e. The van der Waals surface area contributed by atoms with Gasteiger partial charge in [0.05, 0.1) is 6.10 Å². The lowest BCUT2D eigenvalue weighted by Gasteiger charge is -2.32. The highest BCUT2D eigenvalue weighted by Crippen LogP contribution is 2.40. The van der Waals surface area contributed by atoms with Crippen LogP contribution in [0.15, 0.2) is 18.2 Å². The Balaban J connectivity index is 2.12. The van der Waals surface area contributed by atoms with Crippen LogP contribution in [0, 0.1) is 18.8 Å². The van der Waals surface area contributed by atoms with E-state index in [4.69, 9.17) is 11.6 Å². The van der Waals surface area contributed by atoms with Crippen LogP contribution in [0.25, 0.3) is 0 Å². The van der Waals surface area contributed by atoms with Gasteiger partial charge in [0.25, 0.3) is 0 Å². The van der Waals surface area contributed by atoms with Gasteiger partial charge in [-0.2, -0.15) is 0 Å². The van der Waals surface area contributed by atoms with Gasteiger partial charge in [-0.25, -0.2) is 0 Å². The Kier molecular flexibility index (Phi) is 4.69. The van der Waals surface area contributed by atoms with Crippen LogP contribution in [0.5, 0.6) is 0 Å². The number of aryl methyl sites for hydroxylation is 1. The van der Waals surface area contributed by atoms with Gasteiger partial charge in [-0.05, 0) is 48.8 Å². The Morgan fingerprint density at radius 3 is 2.83 bits per heavy atom. The summed E-state index contributed by atoms with van der Waals surface area (Å²) in [6.45, 7) is 4.27. The average Bonchev–Trinajstić information content (AvgIpc) is 2.38. The molecule has 1 aliphatic carbocycles. The fraction of sp³-hybridized carbons (Fsp3) is 0.625. The van der Waals surface area contributed by atoms with Gasteiger partial charge < -0.3 is 5.11 Å². The summed E-state index contributed by atoms with van der Waals surface area (Å²) in [5.74, 6) is 1.16. The molecule has 1 nitrogen and oxygen atoms in total. The van der Waals surface area contributed by atoms with Crippen LogP contribution in [0.4, 0.5) is 0 Å². The van der Waals surface area contributed by atoms with Crippen LogP contribution in [-0.2, 0) is 0 Å². The van der Waals surface area contributed by atoms with Crippen LogP contribution in [0.2, 0.25) is 5.02 Å². The van der Waals surface area contributed by atoms with Crippen LogP contribution < -0.4 is 0 Å². The van der Waals surface area contributed by atoms with Crippen molar-refractivity contribution in [2.24, 2.45) is 11.8 Å². The summed E-state index contributed by atoms with van der Waals surface area (Å²) in [6.07, 6.45) is 5.66. The average molecular weight is 267 g/mol. The molecule has 1 N–H and O–H groups in total. The van der Waals surface area contributed by atoms with Crippen molar-refractivity contribution >= 4 is 11.6 Å². The molecule has 1 aromatic rings. The van der Waals surface area contributed by atoms with Crippen LogP contribution >= 0.6 is 11.6 Å². The van der Waals surface area contributed by atoms with E-state index in [-0.39, 0.29) is 0 Å². The smallest absolute Gasteiger partial charge is 0.0832 e. The van der Waals surface area contributed by atoms with Crippen molar-refractivity contribution in [2.75, 3.05) is 0 Å². The Labute approximate surface area is 115 Å². The first-order valence-electron chi connectivity index (χ1n) is 7.06. The molecule has 0 bridgehead atoms. The molecule has 2 rings (SSSR count). The Morgan fingerprint density at radius 2 is 2.17 bits per heavy atom. The zero-order chi connectivity index (χ0) is 13.1. The SMILES string of the molecule is CCC1CCCC(C(O)c2ccc(C)cc2Cl)C1. The summed E-state index contributed by atoms with van der Waals surface area (Å²) in [5, 5.41) is 11.3. The van der Waals surface area contributed by atoms with E-state index in [1.54, 1.807) is 0 Å². The zero-order valence-electron chi connectivity index (χ0n) is 11.3. The molecule has 3 atom stereocenters. The van der Waals surface area contributed by atoms with Gasteiger partial charge in [0.1, 0.15) is 0 Å². The summed E-state index contributed by atoms with van der Waals surface area (Å²) in [7, 11) is 0. The minimum Gasteiger partial charge on any atom is -0.388 e. The largest absolute Gasteiger partial charge is 0.388 e. The van der Waals surface area contributed by atoms with Gasteiger partial charge in [0.15, 0.2) is 0 Å². The molecule has 100 valence electrons. The second-order valence-electron chi connectivity index (χ2n) is 5.67. The quantitative estimate of drug-likeness (QED) is 0.825. The zero-order valence-corrected chi connectivity index (χ0v) is 12.1. The Hall–Kier alpha value is -0.530. The molecule has 0 spiro atoms. The second-order valence-corrected chi connectivity index (χ2v) is 6.08. The number of aliphatic hydroxyl groups is 1. The molecule has 2 heteroatoms. The van der Waals surface area contributed by atoms with Gasteiger partial charge in [0.2, 0.25) is 0 Å². The molecule has 0 saturated heterocycles. The summed E-state index contributed by atoms with van der Waals surface area (Å²) >= 11 is 6.25. The molecule has 1 saturated carbocycles. The standard InChI is InChI=1S/C16H23ClO/c1-3-12-5-4-6-13(10-12)16(18)14-8-7-11(2)9-15(14)17/h7-9,12-13,16,18H,3-6,10H2,1-2H3. The highest BCUT2D eigenvalue weighted by Gasteiger charge is 2.28. The summed E-state index contributed by atoms with van der Waals surface area (Å²) in [6, 6.07) is 5.96. The third-order valence-electron chi connectivity index (χ3n) is 4.32. The van der Waals surface area contributed by atoms with E-state index in [1.807, 2.05) is 25.1 Å². The third-order valence-corrected chi connectivity index (χ3v) is 4.65. The molecule has 1 fully saturated rings. The van der Waals surface area contributed by atoms with Gasteiger partial charge in [0, 0.05) is 5.02 Å². The molecular formula is C16H23ClO. The second kappa shape index (κ2) is 6.08. The van der Waals surface area contributed by atoms with Gasteiger partial charge in [-0.1, -0.05) is 49.9 Å². The van der Waals surface area contributed by atoms with E-state index in [1.165, 1.54) is 19.3 Å². The summed E-state index contributed by atoms with van der Waals surface area (Å²) in [5.41, 5.74) is 2.05. The van der Waals surface area contributed by atoms with E-state index in [2.05, 4.69) is 6.92 Å². The highest BCUT2D eigenvalue weighted by molar-refractivity contribution is 6.31. The number of hydrogen-bond donors (Lipinski definition) is 1. The van der Waals surface area contributed by atoms with E-state index in [0.29, 0.717) is 10.9 Å². The minimum absolute atomic E-state index is 0.379. The molecular weight excluding hydrogens is 244 g/mol. The number of halogens is 1. The Morgan fingerprint density at radius 1 is 1.39 bits per heavy atom. The van der Waals surface area contributed by atoms with Crippen molar-refractivity contribution in [1.82, 2.24) is 0 Å². The predicted octanol–water partition coefficient (Wildman–Crippen LogP) is 4.90. The first-order chi connectivity index (χ1) is 8.61. The lowest BCUT2D eigenvalue weighted by molar-refractivity contribution is 0.0679. The molecule has 1 aliphatic rings. The minimum atomic E-state index is -0.396. The van der Waals surface area contributed by atoms with Gasteiger partial charge >= 0.3 is 0 Å². The van der Waals surface area contributed by atoms with E-state index in [9.17, 15) is 5.11 Å². The van der Waals surface area contributed by atoms with Crippen molar-refractivity contribution in [3.8, 4) is 0 Å². The first-order valence-corrected chi connectivity index (χ1v) is 7.43. The number of rotatable bonds is 3. The number of hydrogen-bond acceptors (Lipinski definition) is 1. The topological polar surface area (TPSA) is 20.2 Å². The molecule has 18 heavy (non-hydrogen) atoms. The fourth-order valence-corrected chi connectivity index (χ4v) is 3.46. The first kappa shape index (κ1) is 13.9. The molecule has 0 heterocycles. The van der Waals surface area contributed by atoms with Crippen LogP contribution in [0.3, 0.4) is 0 Å². The lowest BCUT2D eigenvalue weighted by atomic mass is 9.76. The molecule has 3 unspecified atom stereocenters. The van der Waals surface area contributed by atoms with Crippen molar-refractivity contribution in [1.29, 1.82) is 0 Å². The normalized spacial score (nSPS) is 26.0. The maximum absolute atomic E-state index is 10.5. The highest BCUT2D eigenvalue weighted by atomic mass is 35.5. The monoisotopic (exact) mass is 266 g/mol. The third kappa shape index (κ3) is 3.07. The molecule has 1 aromatic carbocycles. The van der Waals surface area contributed by atoms with Gasteiger partial charge in [-0.3, -0.25) is 0 Å². The van der Waals surface area contributed by atoms with Crippen molar-refractivity contribution < 1.29 is 5.11 Å². The van der Waals surface area contributed by atoms with Crippen LogP contribution in [0.1, 0.15) is 56.3 Å². The molecule has 0 amide bonds. The maximum atomic E-state index is 10.5. The number of aliphatic hydroxyl groups excluding tert-OH is 1. The van der Waals surface area contributed by atoms with Crippen LogP contribution in [-0.4, -0.2) is 5.11 Å². The molecule has 0 radical (unpaired) electrons. The van der Waals surface area contributed by atoms with Crippen molar-refractivity contribution in [3.63, 3.8) is 0 Å². The van der Waals surface area contributed by atoms with E-state index >= 15 is 0 Å². The van der Waals surface area contributed by atoms with E-state index < -0.39 is 6.10 Å². The van der Waals surface area contributed by atoms with E-state index in [0.717, 1.165) is 29.9 Å². The Bertz CT molecular complexity index is 402. The predicted molar refractivity (Wildman–Crippen MR) is 76.9 cm³/mol. The summed E-state index contributed by atoms with van der Waals surface area (Å²) < 4.78 is 0. The molecule has 0 aromatic heterocycles. The summed E-state index contributed by atoms with van der Waals surface area (Å²) in [4.78, 5) is 0. The van der Waals surface area contributed by atoms with Crippen molar-refractivity contribution in [3.05, 3.63) is 34.3 Å². The number of benzene rings is 1. The molecule has 0 aliphatic heterocycles. The lowest BCUT2D eigenvalue weighted by Crippen LogP contribution is -2.21.